The minimum atomic E-state index is -0.980. The molecule has 0 aliphatic carbocycles. The molecule has 0 saturated carbocycles. The van der Waals surface area contributed by atoms with Gasteiger partial charge in [-0.2, -0.15) is 0 Å². The number of hydrogen-bond acceptors (Lipinski definition) is 13. The molecular formula is C29H52N8O9S. The monoisotopic (exact) mass is 688 g/mol. The Morgan fingerprint density at radius 1 is 0.723 bits per heavy atom. The fourth-order valence-corrected chi connectivity index (χ4v) is 6.27. The van der Waals surface area contributed by atoms with Gasteiger partial charge in [-0.25, -0.2) is 0 Å². The van der Waals surface area contributed by atoms with Crippen molar-refractivity contribution < 1.29 is 44.1 Å². The van der Waals surface area contributed by atoms with E-state index in [1.807, 2.05) is 9.80 Å². The van der Waals surface area contributed by atoms with Crippen LogP contribution >= 0.6 is 11.8 Å². The summed E-state index contributed by atoms with van der Waals surface area (Å²) >= 11 is 1.13. The first-order valence-electron chi connectivity index (χ1n) is 16.2. The number of imide groups is 1. The minimum absolute atomic E-state index is 0.00305. The molecule has 2 heterocycles. The molecule has 2 fully saturated rings. The SMILES string of the molecule is NCCCCCNC(=O)CSC1CC(=O)N(CCNC(=O)CN2CCN(CC(=O)O)CCN(CCO)CCN(CC(=O)O)CC2)C1=O. The molecule has 0 radical (unpaired) electrons. The maximum absolute atomic E-state index is 12.9. The average Bonchev–Trinajstić information content (AvgIpc) is 3.28. The van der Waals surface area contributed by atoms with E-state index in [0.717, 1.165) is 35.9 Å². The zero-order valence-corrected chi connectivity index (χ0v) is 28.0. The van der Waals surface area contributed by atoms with E-state index in [0.29, 0.717) is 72.0 Å². The Balaban J connectivity index is 1.88. The number of aliphatic carboxylic acids is 2. The smallest absolute Gasteiger partial charge is 0.317 e. The van der Waals surface area contributed by atoms with Crippen molar-refractivity contribution in [2.45, 2.75) is 30.9 Å². The van der Waals surface area contributed by atoms with E-state index in [9.17, 15) is 44.1 Å². The Kier molecular flexibility index (Phi) is 19.4. The number of nitrogens with zero attached hydrogens (tertiary/aromatic N) is 5. The topological polar surface area (TPSA) is 229 Å². The number of unbranched alkanes of at least 4 members (excludes halogenated alkanes) is 2. The average molecular weight is 689 g/mol. The van der Waals surface area contributed by atoms with E-state index in [4.69, 9.17) is 5.73 Å². The Labute approximate surface area is 280 Å². The molecule has 0 spiro atoms. The number of nitrogens with one attached hydrogen (secondary N) is 2. The van der Waals surface area contributed by atoms with E-state index >= 15 is 0 Å². The molecule has 268 valence electrons. The Morgan fingerprint density at radius 3 is 1.79 bits per heavy atom. The summed E-state index contributed by atoms with van der Waals surface area (Å²) in [7, 11) is 0. The van der Waals surface area contributed by atoms with E-state index < -0.39 is 17.2 Å². The predicted molar refractivity (Wildman–Crippen MR) is 175 cm³/mol. The van der Waals surface area contributed by atoms with E-state index in [-0.39, 0.29) is 75.1 Å². The molecule has 2 aliphatic heterocycles. The number of thioether (sulfide) groups is 1. The van der Waals surface area contributed by atoms with Crippen LogP contribution in [0.1, 0.15) is 25.7 Å². The second-order valence-corrected chi connectivity index (χ2v) is 12.8. The van der Waals surface area contributed by atoms with Gasteiger partial charge in [0, 0.05) is 85.0 Å². The minimum Gasteiger partial charge on any atom is -0.480 e. The molecule has 4 amide bonds. The lowest BCUT2D eigenvalue weighted by molar-refractivity contribution is -0.139. The second-order valence-electron chi connectivity index (χ2n) is 11.6. The molecule has 2 aliphatic rings. The van der Waals surface area contributed by atoms with Crippen LogP contribution in [-0.2, 0) is 28.8 Å². The number of amides is 4. The Hall–Kier alpha value is -2.87. The molecule has 0 bridgehead atoms. The van der Waals surface area contributed by atoms with Gasteiger partial charge in [0.05, 0.1) is 37.2 Å². The van der Waals surface area contributed by atoms with Gasteiger partial charge in [-0.05, 0) is 19.4 Å². The molecule has 2 rings (SSSR count). The van der Waals surface area contributed by atoms with Crippen LogP contribution in [0.3, 0.4) is 0 Å². The van der Waals surface area contributed by atoms with Gasteiger partial charge in [-0.3, -0.25) is 53.3 Å². The van der Waals surface area contributed by atoms with Crippen molar-refractivity contribution in [3.8, 4) is 0 Å². The van der Waals surface area contributed by atoms with Gasteiger partial charge in [0.15, 0.2) is 0 Å². The molecule has 1 atom stereocenters. The highest BCUT2D eigenvalue weighted by Crippen LogP contribution is 2.24. The number of carboxylic acid groups (broad SMARTS) is 2. The number of β-amino-alcohol motifs (C(OH)–C–C–N with tert-alkyl or cyclic N) is 1. The van der Waals surface area contributed by atoms with Crippen LogP contribution in [-0.4, -0.2) is 198 Å². The molecule has 0 aromatic rings. The number of aliphatic hydroxyl groups is 1. The van der Waals surface area contributed by atoms with Gasteiger partial charge in [-0.1, -0.05) is 6.42 Å². The lowest BCUT2D eigenvalue weighted by Crippen LogP contribution is -2.50. The fraction of sp³-hybridized carbons (Fsp3) is 0.793. The Bertz CT molecular complexity index is 1010. The summed E-state index contributed by atoms with van der Waals surface area (Å²) in [5.41, 5.74) is 5.46. The summed E-state index contributed by atoms with van der Waals surface area (Å²) in [6.07, 6.45) is 2.63. The van der Waals surface area contributed by atoms with Crippen molar-refractivity contribution in [3.05, 3.63) is 0 Å². The Morgan fingerprint density at radius 2 is 1.26 bits per heavy atom. The third-order valence-corrected chi connectivity index (χ3v) is 9.11. The van der Waals surface area contributed by atoms with E-state index in [1.165, 1.54) is 0 Å². The second kappa shape index (κ2) is 22.7. The number of aliphatic hydroxyl groups excluding tert-OH is 1. The van der Waals surface area contributed by atoms with Crippen molar-refractivity contribution in [1.29, 1.82) is 0 Å². The first-order chi connectivity index (χ1) is 22.5. The zero-order chi connectivity index (χ0) is 34.6. The summed E-state index contributed by atoms with van der Waals surface area (Å²) < 4.78 is 0. The van der Waals surface area contributed by atoms with Crippen LogP contribution in [0.4, 0.5) is 0 Å². The molecule has 47 heavy (non-hydrogen) atoms. The number of rotatable bonds is 19. The molecule has 2 saturated heterocycles. The molecule has 0 aromatic heterocycles. The molecule has 7 N–H and O–H groups in total. The van der Waals surface area contributed by atoms with E-state index in [1.54, 1.807) is 9.80 Å². The van der Waals surface area contributed by atoms with E-state index in [2.05, 4.69) is 10.6 Å². The van der Waals surface area contributed by atoms with Gasteiger partial charge in [0.1, 0.15) is 0 Å². The zero-order valence-electron chi connectivity index (χ0n) is 27.1. The summed E-state index contributed by atoms with van der Waals surface area (Å²) in [5, 5.41) is 33.1. The predicted octanol–water partition coefficient (Wildman–Crippen LogP) is -3.41. The lowest BCUT2D eigenvalue weighted by atomic mass is 10.2. The number of carboxylic acids is 2. The maximum atomic E-state index is 12.9. The molecule has 1 unspecified atom stereocenters. The summed E-state index contributed by atoms with van der Waals surface area (Å²) in [4.78, 5) is 81.7. The largest absolute Gasteiger partial charge is 0.480 e. The van der Waals surface area contributed by atoms with Crippen molar-refractivity contribution in [2.75, 3.05) is 117 Å². The van der Waals surface area contributed by atoms with Gasteiger partial charge >= 0.3 is 11.9 Å². The maximum Gasteiger partial charge on any atom is 0.317 e. The standard InChI is InChI=1S/C29H52N8O9S/c30-4-2-1-3-5-31-25(40)22-47-23-18-26(41)37(29(23)46)7-6-32-24(39)19-34-12-14-35(20-27(42)43)10-8-33(16-17-38)9-11-36(15-13-34)21-28(44)45/h23,38H,1-22,30H2,(H,31,40)(H,32,39)(H,42,43)(H,44,45). The lowest BCUT2D eigenvalue weighted by Gasteiger charge is -2.33. The molecule has 0 aromatic carbocycles. The van der Waals surface area contributed by atoms with Gasteiger partial charge in [0.2, 0.25) is 23.6 Å². The summed E-state index contributed by atoms with van der Waals surface area (Å²) in [6.45, 7) is 4.32. The van der Waals surface area contributed by atoms with Crippen molar-refractivity contribution in [2.24, 2.45) is 5.73 Å². The number of carbonyl (C=O) groups is 6. The highest BCUT2D eigenvalue weighted by molar-refractivity contribution is 8.01. The van der Waals surface area contributed by atoms with Crippen LogP contribution < -0.4 is 16.4 Å². The third-order valence-electron chi connectivity index (χ3n) is 7.91. The van der Waals surface area contributed by atoms with Crippen molar-refractivity contribution in [1.82, 2.24) is 35.1 Å². The van der Waals surface area contributed by atoms with Gasteiger partial charge in [-0.15, -0.1) is 11.8 Å². The van der Waals surface area contributed by atoms with Crippen LogP contribution in [0.5, 0.6) is 0 Å². The van der Waals surface area contributed by atoms with Crippen LogP contribution in [0, 0.1) is 0 Å². The van der Waals surface area contributed by atoms with Crippen LogP contribution in [0.15, 0.2) is 0 Å². The highest BCUT2D eigenvalue weighted by atomic mass is 32.2. The summed E-state index contributed by atoms with van der Waals surface area (Å²) in [5.74, 6) is -3.19. The normalized spacial score (nSPS) is 19.7. The number of nitrogens with two attached hydrogens (primary N) is 1. The fourth-order valence-electron chi connectivity index (χ4n) is 5.29. The van der Waals surface area contributed by atoms with Crippen LogP contribution in [0.25, 0.3) is 0 Å². The van der Waals surface area contributed by atoms with Crippen LogP contribution in [0.2, 0.25) is 0 Å². The first-order valence-corrected chi connectivity index (χ1v) is 17.2. The van der Waals surface area contributed by atoms with Gasteiger partial charge in [0.25, 0.3) is 0 Å². The number of carbonyl (C=O) groups excluding carboxylic acids is 4. The van der Waals surface area contributed by atoms with Crippen molar-refractivity contribution >= 4 is 47.3 Å². The number of likely N-dealkylation sites (tertiary alicyclic amines) is 1. The quantitative estimate of drug-likeness (QED) is 0.0574. The highest BCUT2D eigenvalue weighted by Gasteiger charge is 2.38. The van der Waals surface area contributed by atoms with Crippen molar-refractivity contribution in [3.63, 3.8) is 0 Å². The summed E-state index contributed by atoms with van der Waals surface area (Å²) in [6, 6.07) is 0. The molecular weight excluding hydrogens is 636 g/mol. The first kappa shape index (κ1) is 40.3. The molecule has 17 nitrogen and oxygen atoms in total. The number of hydrogen-bond donors (Lipinski definition) is 6. The third kappa shape index (κ3) is 16.7. The van der Waals surface area contributed by atoms with Gasteiger partial charge < -0.3 is 31.7 Å². The molecule has 18 heteroatoms.